The molecule has 0 aromatic rings. The van der Waals surface area contributed by atoms with Crippen molar-refractivity contribution in [3.63, 3.8) is 0 Å². The van der Waals surface area contributed by atoms with Crippen molar-refractivity contribution in [2.24, 2.45) is 0 Å². The standard InChI is InChI=1S/2C18H32O2.C4H6O2.Cu/c2*1-2-3-4-5-6-7-8-9-10-11-12-13-14-15-16-17-18(19)20;1-3(2)4(5)6;/h2*6-7,9-10H,2-5,8,11-17H2,1H3,(H,19,20);1H2,2H3,(H,5,6);/q;;;+2/p-2/b2*7-6-,10-9-;;. The van der Waals surface area contributed by atoms with Crippen LogP contribution in [0.5, 0.6) is 0 Å². The number of allylic oxidation sites excluding steroid dienone is 8. The van der Waals surface area contributed by atoms with Crippen LogP contribution in [0, 0.1) is 0 Å². The number of aliphatic carboxylic acids is 3. The molecule has 0 aliphatic rings. The smallest absolute Gasteiger partial charge is 0.550 e. The van der Waals surface area contributed by atoms with E-state index in [0.717, 1.165) is 64.2 Å². The number of unbranched alkanes of at least 4 members (excludes halogenated alkanes) is 16. The zero-order valence-corrected chi connectivity index (χ0v) is 31.0. The summed E-state index contributed by atoms with van der Waals surface area (Å²) in [5.74, 6) is -2.78. The van der Waals surface area contributed by atoms with Gasteiger partial charge in [-0.05, 0) is 96.8 Å². The van der Waals surface area contributed by atoms with Gasteiger partial charge in [-0.15, -0.1) is 0 Å². The summed E-state index contributed by atoms with van der Waals surface area (Å²) in [6.45, 7) is 9.07. The normalized spacial score (nSPS) is 10.9. The maximum atomic E-state index is 10.2. The molecule has 0 spiro atoms. The third kappa shape index (κ3) is 59.6. The van der Waals surface area contributed by atoms with E-state index in [-0.39, 0.29) is 35.5 Å². The SMILES string of the molecule is C=C(C)C(=O)O.CCCCC/C=C\C/C=C\CCCCCCCC(=O)[O-].CCCCC/C=C\C/C=C\CCCCCCCC(=O)[O-].[Cu+2]. The monoisotopic (exact) mass is 707 g/mol. The van der Waals surface area contributed by atoms with Gasteiger partial charge in [-0.2, -0.15) is 0 Å². The predicted molar refractivity (Wildman–Crippen MR) is 191 cm³/mol. The fourth-order valence-corrected chi connectivity index (χ4v) is 4.16. The number of carboxylic acids is 3. The second kappa shape index (κ2) is 45.8. The van der Waals surface area contributed by atoms with Gasteiger partial charge < -0.3 is 24.9 Å². The van der Waals surface area contributed by atoms with Gasteiger partial charge in [0.2, 0.25) is 0 Å². The topological polar surface area (TPSA) is 118 Å². The molecular formula is C40H68CuO6. The number of carboxylic acid groups (broad SMARTS) is 3. The minimum atomic E-state index is -0.935. The van der Waals surface area contributed by atoms with Crippen LogP contribution < -0.4 is 10.2 Å². The van der Waals surface area contributed by atoms with E-state index in [4.69, 9.17) is 5.11 Å². The van der Waals surface area contributed by atoms with E-state index in [1.165, 1.54) is 84.0 Å². The molecule has 6 nitrogen and oxygen atoms in total. The van der Waals surface area contributed by atoms with Crippen molar-refractivity contribution < 1.29 is 46.8 Å². The van der Waals surface area contributed by atoms with Crippen molar-refractivity contribution in [2.45, 2.75) is 175 Å². The summed E-state index contributed by atoms with van der Waals surface area (Å²) in [5, 5.41) is 28.3. The van der Waals surface area contributed by atoms with E-state index in [1.54, 1.807) is 0 Å². The van der Waals surface area contributed by atoms with E-state index in [9.17, 15) is 24.6 Å². The first kappa shape index (κ1) is 51.5. The zero-order valence-electron chi connectivity index (χ0n) is 30.1. The van der Waals surface area contributed by atoms with Crippen molar-refractivity contribution in [2.75, 3.05) is 0 Å². The van der Waals surface area contributed by atoms with Crippen LogP contribution in [0.3, 0.4) is 0 Å². The molecule has 0 aliphatic heterocycles. The second-order valence-electron chi connectivity index (χ2n) is 11.8. The Morgan fingerprint density at radius 3 is 1.02 bits per heavy atom. The summed E-state index contributed by atoms with van der Waals surface area (Å²) in [7, 11) is 0. The Morgan fingerprint density at radius 2 is 0.766 bits per heavy atom. The van der Waals surface area contributed by atoms with Gasteiger partial charge in [-0.3, -0.25) is 0 Å². The van der Waals surface area contributed by atoms with Crippen molar-refractivity contribution in [1.82, 2.24) is 0 Å². The first-order chi connectivity index (χ1) is 22.2. The van der Waals surface area contributed by atoms with Gasteiger partial charge >= 0.3 is 23.0 Å². The maximum absolute atomic E-state index is 10.2. The van der Waals surface area contributed by atoms with Gasteiger partial charge in [0.25, 0.3) is 0 Å². The number of hydrogen-bond donors (Lipinski definition) is 1. The number of hydrogen-bond acceptors (Lipinski definition) is 5. The summed E-state index contributed by atoms with van der Waals surface area (Å²) in [6, 6.07) is 0. The Morgan fingerprint density at radius 1 is 0.511 bits per heavy atom. The third-order valence-electron chi connectivity index (χ3n) is 7.03. The average molecular weight is 709 g/mol. The van der Waals surface area contributed by atoms with Crippen LogP contribution in [0.15, 0.2) is 60.8 Å². The molecular weight excluding hydrogens is 640 g/mol. The minimum absolute atomic E-state index is 0. The molecule has 1 radical (unpaired) electrons. The molecule has 7 heteroatoms. The van der Waals surface area contributed by atoms with Gasteiger partial charge in [0.1, 0.15) is 0 Å². The summed E-state index contributed by atoms with van der Waals surface area (Å²) >= 11 is 0. The molecule has 0 rings (SSSR count). The van der Waals surface area contributed by atoms with Crippen LogP contribution in [0.2, 0.25) is 0 Å². The van der Waals surface area contributed by atoms with Gasteiger partial charge in [-0.25, -0.2) is 4.79 Å². The molecule has 0 saturated heterocycles. The van der Waals surface area contributed by atoms with Crippen LogP contribution in [0.4, 0.5) is 0 Å². The molecule has 0 heterocycles. The zero-order chi connectivity index (χ0) is 34.9. The molecule has 0 saturated carbocycles. The Balaban J connectivity index is -0.000000329. The Kier molecular flexibility index (Phi) is 50.1. The van der Waals surface area contributed by atoms with Crippen LogP contribution in [-0.2, 0) is 31.5 Å². The fourth-order valence-electron chi connectivity index (χ4n) is 4.16. The molecule has 0 aliphatic carbocycles. The average Bonchev–Trinajstić information content (AvgIpc) is 3.01. The van der Waals surface area contributed by atoms with Crippen molar-refractivity contribution in [1.29, 1.82) is 0 Å². The Labute approximate surface area is 299 Å². The Hall–Kier alpha value is -2.37. The molecule has 1 N–H and O–H groups in total. The summed E-state index contributed by atoms with van der Waals surface area (Å²) in [4.78, 5) is 30.0. The molecule has 0 bridgehead atoms. The molecule has 275 valence electrons. The van der Waals surface area contributed by atoms with E-state index in [1.807, 2.05) is 0 Å². The van der Waals surface area contributed by atoms with E-state index in [0.29, 0.717) is 0 Å². The molecule has 0 unspecified atom stereocenters. The molecule has 47 heavy (non-hydrogen) atoms. The quantitative estimate of drug-likeness (QED) is 0.0358. The van der Waals surface area contributed by atoms with Crippen molar-refractivity contribution >= 4 is 17.9 Å². The largest absolute Gasteiger partial charge is 2.00 e. The minimum Gasteiger partial charge on any atom is -0.550 e. The number of rotatable bonds is 29. The number of carbonyl (C=O) groups is 3. The second-order valence-corrected chi connectivity index (χ2v) is 11.8. The predicted octanol–water partition coefficient (Wildman–Crippen LogP) is 9.74. The van der Waals surface area contributed by atoms with Crippen molar-refractivity contribution in [3.05, 3.63) is 60.8 Å². The molecule has 0 aromatic heterocycles. The summed E-state index contributed by atoms with van der Waals surface area (Å²) < 4.78 is 0. The van der Waals surface area contributed by atoms with E-state index < -0.39 is 17.9 Å². The molecule has 0 atom stereocenters. The number of carbonyl (C=O) groups excluding carboxylic acids is 2. The molecule has 0 amide bonds. The van der Waals surface area contributed by atoms with E-state index >= 15 is 0 Å². The first-order valence-corrected chi connectivity index (χ1v) is 18.1. The van der Waals surface area contributed by atoms with Gasteiger partial charge in [-0.1, -0.05) is 133 Å². The third-order valence-corrected chi connectivity index (χ3v) is 7.03. The molecule has 0 aromatic carbocycles. The van der Waals surface area contributed by atoms with Crippen LogP contribution in [0.1, 0.15) is 175 Å². The van der Waals surface area contributed by atoms with E-state index in [2.05, 4.69) is 69.0 Å². The summed E-state index contributed by atoms with van der Waals surface area (Å²) in [6.07, 6.45) is 43.9. The first-order valence-electron chi connectivity index (χ1n) is 18.1. The Bertz CT molecular complexity index is 761. The fraction of sp³-hybridized carbons (Fsp3) is 0.675. The maximum Gasteiger partial charge on any atom is 2.00 e. The summed E-state index contributed by atoms with van der Waals surface area (Å²) in [5.41, 5.74) is 0.176. The van der Waals surface area contributed by atoms with Gasteiger partial charge in [0, 0.05) is 17.5 Å². The van der Waals surface area contributed by atoms with Gasteiger partial charge in [0.05, 0.1) is 0 Å². The van der Waals surface area contributed by atoms with Gasteiger partial charge in [0.15, 0.2) is 0 Å². The molecule has 0 fully saturated rings. The van der Waals surface area contributed by atoms with Crippen LogP contribution in [-0.4, -0.2) is 23.0 Å². The van der Waals surface area contributed by atoms with Crippen molar-refractivity contribution in [3.8, 4) is 0 Å². The van der Waals surface area contributed by atoms with Crippen LogP contribution in [0.25, 0.3) is 0 Å². The van der Waals surface area contributed by atoms with Crippen LogP contribution >= 0.6 is 0 Å².